The number of halogens is 2. The summed E-state index contributed by atoms with van der Waals surface area (Å²) < 4.78 is 28.8. The van der Waals surface area contributed by atoms with E-state index in [-0.39, 0.29) is 5.56 Å². The number of unbranched alkanes of at least 4 members (excludes halogenated alkanes) is 1. The van der Waals surface area contributed by atoms with Gasteiger partial charge in [0.15, 0.2) is 0 Å². The standard InChI is InChI=1S/C24H24F2N2/c1-4-7-8-19-15-27-23(18-13-21(25)20(6-3)22(26)14-18)24(28-19)17-11-9-16(5-2)10-12-17/h5,9-15H,2,4,6-8H2,1,3H3. The number of aryl methyl sites for hydroxylation is 1. The Morgan fingerprint density at radius 2 is 1.64 bits per heavy atom. The Morgan fingerprint density at radius 1 is 0.964 bits per heavy atom. The first-order valence-electron chi connectivity index (χ1n) is 9.64. The molecule has 0 amide bonds. The molecule has 4 heteroatoms. The molecule has 0 saturated heterocycles. The Bertz CT molecular complexity index is 955. The molecule has 0 spiro atoms. The number of rotatable bonds is 7. The van der Waals surface area contributed by atoms with Crippen molar-refractivity contribution in [1.29, 1.82) is 0 Å². The van der Waals surface area contributed by atoms with Crippen molar-refractivity contribution in [1.82, 2.24) is 9.97 Å². The highest BCUT2D eigenvalue weighted by Crippen LogP contribution is 2.31. The molecule has 0 aliphatic carbocycles. The zero-order valence-electron chi connectivity index (χ0n) is 16.3. The molecule has 0 aliphatic rings. The maximum absolute atomic E-state index is 14.4. The molecule has 0 unspecified atom stereocenters. The van der Waals surface area contributed by atoms with Gasteiger partial charge < -0.3 is 0 Å². The minimum absolute atomic E-state index is 0.0909. The van der Waals surface area contributed by atoms with E-state index in [1.165, 1.54) is 12.1 Å². The molecule has 0 bridgehead atoms. The van der Waals surface area contributed by atoms with Crippen LogP contribution in [0.1, 0.15) is 43.5 Å². The Hall–Kier alpha value is -2.88. The predicted molar refractivity (Wildman–Crippen MR) is 111 cm³/mol. The molecule has 0 aliphatic heterocycles. The third-order valence-electron chi connectivity index (χ3n) is 4.80. The average molecular weight is 378 g/mol. The molecule has 0 radical (unpaired) electrons. The minimum Gasteiger partial charge on any atom is -0.252 e. The van der Waals surface area contributed by atoms with Gasteiger partial charge in [-0.15, -0.1) is 0 Å². The summed E-state index contributed by atoms with van der Waals surface area (Å²) >= 11 is 0. The Kier molecular flexibility index (Phi) is 6.30. The summed E-state index contributed by atoms with van der Waals surface area (Å²) in [5, 5.41) is 0. The molecule has 0 N–H and O–H groups in total. The van der Waals surface area contributed by atoms with Gasteiger partial charge in [-0.05, 0) is 37.0 Å². The number of hydrogen-bond acceptors (Lipinski definition) is 2. The monoisotopic (exact) mass is 378 g/mol. The van der Waals surface area contributed by atoms with E-state index < -0.39 is 11.6 Å². The fourth-order valence-corrected chi connectivity index (χ4v) is 3.17. The normalized spacial score (nSPS) is 10.9. The van der Waals surface area contributed by atoms with Gasteiger partial charge in [0.1, 0.15) is 11.6 Å². The summed E-state index contributed by atoms with van der Waals surface area (Å²) in [5.74, 6) is -1.11. The Labute approximate surface area is 165 Å². The van der Waals surface area contributed by atoms with E-state index in [0.717, 1.165) is 36.1 Å². The van der Waals surface area contributed by atoms with E-state index in [9.17, 15) is 8.78 Å². The summed E-state index contributed by atoms with van der Waals surface area (Å²) in [6.07, 6.45) is 6.66. The zero-order chi connectivity index (χ0) is 20.1. The molecular weight excluding hydrogens is 354 g/mol. The lowest BCUT2D eigenvalue weighted by molar-refractivity contribution is 0.559. The quantitative estimate of drug-likeness (QED) is 0.461. The predicted octanol–water partition coefficient (Wildman–Crippen LogP) is 6.64. The summed E-state index contributed by atoms with van der Waals surface area (Å²) in [6.45, 7) is 7.63. The van der Waals surface area contributed by atoms with Crippen LogP contribution >= 0.6 is 0 Å². The first kappa shape index (κ1) is 19.9. The van der Waals surface area contributed by atoms with Gasteiger partial charge in [-0.2, -0.15) is 0 Å². The molecule has 3 aromatic rings. The Morgan fingerprint density at radius 3 is 2.21 bits per heavy atom. The van der Waals surface area contributed by atoms with E-state index in [4.69, 9.17) is 4.98 Å². The number of benzene rings is 2. The molecule has 28 heavy (non-hydrogen) atoms. The van der Waals surface area contributed by atoms with Gasteiger partial charge in [0.05, 0.1) is 17.1 Å². The van der Waals surface area contributed by atoms with E-state index in [1.54, 1.807) is 19.2 Å². The lowest BCUT2D eigenvalue weighted by Gasteiger charge is -2.12. The molecule has 2 nitrogen and oxygen atoms in total. The second kappa shape index (κ2) is 8.87. The molecule has 1 heterocycles. The first-order chi connectivity index (χ1) is 13.6. The minimum atomic E-state index is -0.553. The SMILES string of the molecule is C=Cc1ccc(-c2nc(CCCC)cnc2-c2cc(F)c(CC)c(F)c2)cc1. The molecule has 0 saturated carbocycles. The number of hydrogen-bond donors (Lipinski definition) is 0. The van der Waals surface area contributed by atoms with Crippen LogP contribution in [0.15, 0.2) is 49.2 Å². The van der Waals surface area contributed by atoms with Crippen LogP contribution in [0.4, 0.5) is 8.78 Å². The molecular formula is C24H24F2N2. The van der Waals surface area contributed by atoms with Gasteiger partial charge in [-0.1, -0.05) is 57.2 Å². The second-order valence-electron chi connectivity index (χ2n) is 6.76. The molecule has 0 fully saturated rings. The van der Waals surface area contributed by atoms with Crippen molar-refractivity contribution in [2.24, 2.45) is 0 Å². The van der Waals surface area contributed by atoms with Gasteiger partial charge >= 0.3 is 0 Å². The van der Waals surface area contributed by atoms with Gasteiger partial charge in [-0.25, -0.2) is 13.8 Å². The maximum atomic E-state index is 14.4. The van der Waals surface area contributed by atoms with Gasteiger partial charge in [0.2, 0.25) is 0 Å². The topological polar surface area (TPSA) is 25.8 Å². The lowest BCUT2D eigenvalue weighted by Crippen LogP contribution is -2.01. The van der Waals surface area contributed by atoms with Crippen molar-refractivity contribution in [3.05, 3.63) is 77.6 Å². The highest BCUT2D eigenvalue weighted by molar-refractivity contribution is 5.78. The van der Waals surface area contributed by atoms with Crippen molar-refractivity contribution in [2.45, 2.75) is 39.5 Å². The summed E-state index contributed by atoms with van der Waals surface area (Å²) in [5.41, 5.74) is 4.31. The first-order valence-corrected chi connectivity index (χ1v) is 9.64. The zero-order valence-corrected chi connectivity index (χ0v) is 16.3. The summed E-state index contributed by atoms with van der Waals surface area (Å²) in [6, 6.07) is 10.4. The van der Waals surface area contributed by atoms with Crippen LogP contribution in [-0.2, 0) is 12.8 Å². The smallest absolute Gasteiger partial charge is 0.129 e. The van der Waals surface area contributed by atoms with Gasteiger partial charge in [0, 0.05) is 22.9 Å². The highest BCUT2D eigenvalue weighted by atomic mass is 19.1. The van der Waals surface area contributed by atoms with Crippen LogP contribution < -0.4 is 0 Å². The van der Waals surface area contributed by atoms with E-state index in [0.29, 0.717) is 23.4 Å². The maximum Gasteiger partial charge on any atom is 0.129 e. The Balaban J connectivity index is 2.15. The molecule has 1 aromatic heterocycles. The van der Waals surface area contributed by atoms with E-state index in [2.05, 4.69) is 18.5 Å². The summed E-state index contributed by atoms with van der Waals surface area (Å²) in [4.78, 5) is 9.32. The fraction of sp³-hybridized carbons (Fsp3) is 0.250. The third-order valence-corrected chi connectivity index (χ3v) is 4.80. The summed E-state index contributed by atoms with van der Waals surface area (Å²) in [7, 11) is 0. The van der Waals surface area contributed by atoms with Crippen molar-refractivity contribution >= 4 is 6.08 Å². The van der Waals surface area contributed by atoms with Gasteiger partial charge in [-0.3, -0.25) is 4.98 Å². The van der Waals surface area contributed by atoms with Crippen molar-refractivity contribution in [3.8, 4) is 22.5 Å². The van der Waals surface area contributed by atoms with Crippen LogP contribution in [0.2, 0.25) is 0 Å². The molecule has 144 valence electrons. The lowest BCUT2D eigenvalue weighted by atomic mass is 10.00. The average Bonchev–Trinajstić information content (AvgIpc) is 2.72. The van der Waals surface area contributed by atoms with Crippen molar-refractivity contribution < 1.29 is 8.78 Å². The molecule has 0 atom stereocenters. The number of nitrogens with zero attached hydrogens (tertiary/aromatic N) is 2. The van der Waals surface area contributed by atoms with Crippen LogP contribution in [0, 0.1) is 11.6 Å². The largest absolute Gasteiger partial charge is 0.252 e. The second-order valence-corrected chi connectivity index (χ2v) is 6.76. The van der Waals surface area contributed by atoms with Crippen molar-refractivity contribution in [2.75, 3.05) is 0 Å². The third kappa shape index (κ3) is 4.16. The van der Waals surface area contributed by atoms with Gasteiger partial charge in [0.25, 0.3) is 0 Å². The van der Waals surface area contributed by atoms with Crippen LogP contribution in [0.25, 0.3) is 28.6 Å². The van der Waals surface area contributed by atoms with Crippen LogP contribution in [0.3, 0.4) is 0 Å². The molecule has 3 rings (SSSR count). The van der Waals surface area contributed by atoms with Crippen LogP contribution in [-0.4, -0.2) is 9.97 Å². The van der Waals surface area contributed by atoms with E-state index in [1.807, 2.05) is 24.3 Å². The molecule has 2 aromatic carbocycles. The number of aromatic nitrogens is 2. The highest BCUT2D eigenvalue weighted by Gasteiger charge is 2.16. The van der Waals surface area contributed by atoms with Crippen LogP contribution in [0.5, 0.6) is 0 Å². The van der Waals surface area contributed by atoms with E-state index >= 15 is 0 Å². The van der Waals surface area contributed by atoms with Crippen molar-refractivity contribution in [3.63, 3.8) is 0 Å². The fourth-order valence-electron chi connectivity index (χ4n) is 3.17.